The van der Waals surface area contributed by atoms with Gasteiger partial charge in [0.2, 0.25) is 0 Å². The van der Waals surface area contributed by atoms with E-state index >= 15 is 0 Å². The first kappa shape index (κ1) is 26.7. The summed E-state index contributed by atoms with van der Waals surface area (Å²) in [5, 5.41) is 0. The highest BCUT2D eigenvalue weighted by molar-refractivity contribution is 6.18. The Hall–Kier alpha value is -0.900. The molecule has 1 aromatic carbocycles. The van der Waals surface area contributed by atoms with Crippen LogP contribution in [-0.2, 0) is 10.2 Å². The normalized spacial score (nSPS) is 38.2. The number of carbonyl (C=O) groups is 1. The Balaban J connectivity index is 0.000000257. The first-order valence-electron chi connectivity index (χ1n) is 13.1. The molecule has 6 atom stereocenters. The molecule has 2 N–H and O–H groups in total. The molecule has 2 aliphatic carbocycles. The molecule has 33 heavy (non-hydrogen) atoms. The third kappa shape index (κ3) is 5.85. The number of benzene rings is 1. The third-order valence-electron chi connectivity index (χ3n) is 9.26. The van der Waals surface area contributed by atoms with Gasteiger partial charge in [0.25, 0.3) is 0 Å². The van der Waals surface area contributed by atoms with E-state index in [0.717, 1.165) is 50.6 Å². The SMILES string of the molecule is CCC1C(C)CC2(c3ccccc3)CC1CC(C=O)(CCCl)C2.CN1CCC(N)C(C)(C)C1. The number of piperidine rings is 1. The second-order valence-electron chi connectivity index (χ2n) is 12.3. The van der Waals surface area contributed by atoms with Gasteiger partial charge in [0.15, 0.2) is 0 Å². The van der Waals surface area contributed by atoms with Crippen LogP contribution in [0.3, 0.4) is 0 Å². The van der Waals surface area contributed by atoms with E-state index in [1.165, 1.54) is 31.1 Å². The van der Waals surface area contributed by atoms with Crippen LogP contribution in [0.1, 0.15) is 78.2 Å². The van der Waals surface area contributed by atoms with Crippen molar-refractivity contribution in [2.45, 2.75) is 84.1 Å². The molecule has 0 amide bonds. The first-order valence-corrected chi connectivity index (χ1v) is 13.7. The van der Waals surface area contributed by atoms with Crippen molar-refractivity contribution in [3.05, 3.63) is 35.9 Å². The van der Waals surface area contributed by atoms with Gasteiger partial charge in [-0.2, -0.15) is 0 Å². The summed E-state index contributed by atoms with van der Waals surface area (Å²) in [6, 6.07) is 11.3. The van der Waals surface area contributed by atoms with E-state index in [-0.39, 0.29) is 10.8 Å². The van der Waals surface area contributed by atoms with Gasteiger partial charge in [0.1, 0.15) is 6.29 Å². The van der Waals surface area contributed by atoms with E-state index in [9.17, 15) is 4.79 Å². The molecule has 0 radical (unpaired) electrons. The smallest absolute Gasteiger partial charge is 0.126 e. The van der Waals surface area contributed by atoms with E-state index in [2.05, 4.69) is 70.0 Å². The molecule has 4 rings (SSSR count). The second-order valence-corrected chi connectivity index (χ2v) is 12.7. The first-order chi connectivity index (χ1) is 15.6. The van der Waals surface area contributed by atoms with Gasteiger partial charge in [-0.15, -0.1) is 11.6 Å². The summed E-state index contributed by atoms with van der Waals surface area (Å²) in [6.45, 7) is 11.5. The van der Waals surface area contributed by atoms with Crippen LogP contribution in [0.4, 0.5) is 0 Å². The van der Waals surface area contributed by atoms with Gasteiger partial charge in [0.05, 0.1) is 0 Å². The number of hydrogen-bond donors (Lipinski definition) is 1. The van der Waals surface area contributed by atoms with Crippen LogP contribution < -0.4 is 5.73 Å². The van der Waals surface area contributed by atoms with Crippen molar-refractivity contribution in [3.63, 3.8) is 0 Å². The van der Waals surface area contributed by atoms with Crippen LogP contribution in [0.2, 0.25) is 0 Å². The molecule has 2 saturated carbocycles. The Morgan fingerprint density at radius 3 is 2.42 bits per heavy atom. The highest BCUT2D eigenvalue weighted by atomic mass is 35.5. The molecule has 4 heteroatoms. The molecule has 1 heterocycles. The number of fused-ring (bicyclic) bond motifs is 2. The number of rotatable bonds is 5. The molecule has 2 bridgehead atoms. The van der Waals surface area contributed by atoms with Gasteiger partial charge >= 0.3 is 0 Å². The standard InChI is InChI=1S/C21H29ClO.C8H18N2/c1-3-19-16(2)11-21(18-7-5-4-6-8-18)13-17(19)12-20(14-21,15-23)9-10-22;1-8(2)6-10(3)5-4-7(8)9/h4-8,15-17,19H,3,9-14H2,1-2H3;7H,4-6,9H2,1-3H3. The van der Waals surface area contributed by atoms with Crippen LogP contribution in [0, 0.1) is 28.6 Å². The van der Waals surface area contributed by atoms with Gasteiger partial charge in [-0.25, -0.2) is 0 Å². The number of aldehydes is 1. The number of hydrogen-bond acceptors (Lipinski definition) is 3. The monoisotopic (exact) mass is 474 g/mol. The van der Waals surface area contributed by atoms with Gasteiger partial charge in [0, 0.05) is 23.9 Å². The summed E-state index contributed by atoms with van der Waals surface area (Å²) in [6.07, 6.45) is 8.94. The Kier molecular flexibility index (Phi) is 8.73. The van der Waals surface area contributed by atoms with Crippen molar-refractivity contribution in [2.75, 3.05) is 26.0 Å². The molecule has 1 saturated heterocycles. The minimum Gasteiger partial charge on any atom is -0.327 e. The fourth-order valence-corrected chi connectivity index (χ4v) is 8.02. The molecule has 3 nitrogen and oxygen atoms in total. The van der Waals surface area contributed by atoms with E-state index < -0.39 is 0 Å². The molecule has 3 fully saturated rings. The molecule has 186 valence electrons. The lowest BCUT2D eigenvalue weighted by Crippen LogP contribution is -2.51. The van der Waals surface area contributed by atoms with Gasteiger partial charge < -0.3 is 15.4 Å². The minimum atomic E-state index is -0.214. The number of nitrogens with zero attached hydrogens (tertiary/aromatic N) is 1. The van der Waals surface area contributed by atoms with Crippen molar-refractivity contribution >= 4 is 17.9 Å². The lowest BCUT2D eigenvalue weighted by molar-refractivity contribution is -0.124. The topological polar surface area (TPSA) is 46.3 Å². The lowest BCUT2D eigenvalue weighted by atomic mass is 9.47. The summed E-state index contributed by atoms with van der Waals surface area (Å²) in [5.41, 5.74) is 7.65. The molecule has 3 aliphatic rings. The van der Waals surface area contributed by atoms with Crippen LogP contribution in [0.15, 0.2) is 30.3 Å². The largest absolute Gasteiger partial charge is 0.327 e. The maximum absolute atomic E-state index is 12.1. The lowest BCUT2D eigenvalue weighted by Gasteiger charge is -2.57. The zero-order valence-corrected chi connectivity index (χ0v) is 22.4. The molecule has 1 aromatic rings. The van der Waals surface area contributed by atoms with Crippen LogP contribution in [0.25, 0.3) is 0 Å². The zero-order chi connectivity index (χ0) is 24.3. The van der Waals surface area contributed by atoms with Crippen LogP contribution in [-0.4, -0.2) is 43.2 Å². The van der Waals surface area contributed by atoms with E-state index in [4.69, 9.17) is 17.3 Å². The summed E-state index contributed by atoms with van der Waals surface area (Å²) < 4.78 is 0. The van der Waals surface area contributed by atoms with Crippen LogP contribution >= 0.6 is 11.6 Å². The average molecular weight is 475 g/mol. The third-order valence-corrected chi connectivity index (χ3v) is 9.45. The number of alkyl halides is 1. The predicted octanol–water partition coefficient (Wildman–Crippen LogP) is 6.28. The van der Waals surface area contributed by atoms with Crippen molar-refractivity contribution in [1.82, 2.24) is 4.90 Å². The van der Waals surface area contributed by atoms with E-state index in [1.807, 2.05) is 0 Å². The minimum absolute atomic E-state index is 0.169. The quantitative estimate of drug-likeness (QED) is 0.403. The predicted molar refractivity (Wildman–Crippen MR) is 141 cm³/mol. The molecular formula is C29H47ClN2O. The van der Waals surface area contributed by atoms with E-state index in [0.29, 0.717) is 23.3 Å². The van der Waals surface area contributed by atoms with Gasteiger partial charge in [-0.05, 0) is 86.3 Å². The van der Waals surface area contributed by atoms with E-state index in [1.54, 1.807) is 0 Å². The average Bonchev–Trinajstić information content (AvgIpc) is 2.77. The van der Waals surface area contributed by atoms with Gasteiger partial charge in [-0.3, -0.25) is 0 Å². The van der Waals surface area contributed by atoms with Crippen molar-refractivity contribution in [3.8, 4) is 0 Å². The summed E-state index contributed by atoms with van der Waals surface area (Å²) in [7, 11) is 2.16. The number of likely N-dealkylation sites (tertiary alicyclic amines) is 1. The van der Waals surface area contributed by atoms with Crippen molar-refractivity contribution < 1.29 is 4.79 Å². The maximum atomic E-state index is 12.1. The Morgan fingerprint density at radius 1 is 1.18 bits per heavy atom. The van der Waals surface area contributed by atoms with Crippen molar-refractivity contribution in [1.29, 1.82) is 0 Å². The fourth-order valence-electron chi connectivity index (χ4n) is 7.64. The maximum Gasteiger partial charge on any atom is 0.126 e. The number of carbonyl (C=O) groups excluding carboxylic acids is 1. The van der Waals surface area contributed by atoms with Gasteiger partial charge in [-0.1, -0.05) is 64.4 Å². The summed E-state index contributed by atoms with van der Waals surface area (Å²) >= 11 is 6.09. The highest BCUT2D eigenvalue weighted by Crippen LogP contribution is 2.60. The molecule has 1 aliphatic heterocycles. The highest BCUT2D eigenvalue weighted by Gasteiger charge is 2.54. The number of nitrogens with two attached hydrogens (primary N) is 1. The number of halogens is 1. The Morgan fingerprint density at radius 2 is 1.88 bits per heavy atom. The molecule has 6 unspecified atom stereocenters. The Bertz CT molecular complexity index is 764. The fraction of sp³-hybridized carbons (Fsp3) is 0.759. The Labute approximate surface area is 207 Å². The molecule has 0 aromatic heterocycles. The molecule has 0 spiro atoms. The van der Waals surface area contributed by atoms with Crippen molar-refractivity contribution in [2.24, 2.45) is 34.3 Å². The van der Waals surface area contributed by atoms with Crippen LogP contribution in [0.5, 0.6) is 0 Å². The zero-order valence-electron chi connectivity index (χ0n) is 21.7. The molecular weight excluding hydrogens is 428 g/mol. The summed E-state index contributed by atoms with van der Waals surface area (Å²) in [4.78, 5) is 14.4. The second kappa shape index (κ2) is 10.8. The summed E-state index contributed by atoms with van der Waals surface area (Å²) in [5.74, 6) is 2.73.